The molecular formula is C14H18O4. The second-order valence-electron chi connectivity index (χ2n) is 3.94. The fraction of sp³-hybridized carbons (Fsp3) is 0.429. The van der Waals surface area contributed by atoms with Crippen LogP contribution >= 0.6 is 0 Å². The number of carbonyl (C=O) groups excluding carboxylic acids is 2. The van der Waals surface area contributed by atoms with E-state index >= 15 is 0 Å². The van der Waals surface area contributed by atoms with Gasteiger partial charge in [-0.2, -0.15) is 0 Å². The summed E-state index contributed by atoms with van der Waals surface area (Å²) in [5, 5.41) is 0. The summed E-state index contributed by atoms with van der Waals surface area (Å²) < 4.78 is 9.65. The summed E-state index contributed by atoms with van der Waals surface area (Å²) in [5.74, 6) is -0.624. The van der Waals surface area contributed by atoms with E-state index in [1.807, 2.05) is 6.92 Å². The van der Waals surface area contributed by atoms with E-state index in [-0.39, 0.29) is 18.4 Å². The van der Waals surface area contributed by atoms with Crippen molar-refractivity contribution >= 4 is 11.9 Å². The third kappa shape index (κ3) is 4.57. The largest absolute Gasteiger partial charge is 0.469 e. The van der Waals surface area contributed by atoms with Crippen molar-refractivity contribution in [1.29, 1.82) is 0 Å². The van der Waals surface area contributed by atoms with Crippen LogP contribution in [0.1, 0.15) is 35.7 Å². The lowest BCUT2D eigenvalue weighted by Gasteiger charge is -2.05. The van der Waals surface area contributed by atoms with Gasteiger partial charge in [0.2, 0.25) is 0 Å². The lowest BCUT2D eigenvalue weighted by Crippen LogP contribution is -2.07. The van der Waals surface area contributed by atoms with Gasteiger partial charge in [0.25, 0.3) is 0 Å². The minimum absolute atomic E-state index is 0.210. The molecule has 1 rings (SSSR count). The summed E-state index contributed by atoms with van der Waals surface area (Å²) in [7, 11) is 1.35. The van der Waals surface area contributed by atoms with Crippen LogP contribution in [0.2, 0.25) is 0 Å². The molecule has 0 bridgehead atoms. The molecule has 18 heavy (non-hydrogen) atoms. The zero-order valence-electron chi connectivity index (χ0n) is 10.8. The molecule has 4 nitrogen and oxygen atoms in total. The molecule has 0 fully saturated rings. The Hall–Kier alpha value is -1.84. The standard InChI is InChI=1S/C14H18O4/c1-3-4-9-18-14(16)12-7-5-11(6-8-12)10-13(15)17-2/h5-8H,3-4,9-10H2,1-2H3. The molecule has 0 aliphatic carbocycles. The number of carbonyl (C=O) groups is 2. The van der Waals surface area contributed by atoms with Crippen LogP contribution in [0.3, 0.4) is 0 Å². The molecule has 0 spiro atoms. The first-order valence-electron chi connectivity index (χ1n) is 6.00. The Labute approximate surface area is 107 Å². The Morgan fingerprint density at radius 3 is 2.39 bits per heavy atom. The van der Waals surface area contributed by atoms with Crippen molar-refractivity contribution in [3.05, 3.63) is 35.4 Å². The molecule has 0 amide bonds. The van der Waals surface area contributed by atoms with Crippen LogP contribution in [0.25, 0.3) is 0 Å². The van der Waals surface area contributed by atoms with Crippen LogP contribution < -0.4 is 0 Å². The maximum absolute atomic E-state index is 11.6. The molecule has 0 aliphatic rings. The third-order valence-electron chi connectivity index (χ3n) is 2.50. The second kappa shape index (κ2) is 7.48. The molecular weight excluding hydrogens is 232 g/mol. The average molecular weight is 250 g/mol. The van der Waals surface area contributed by atoms with Crippen molar-refractivity contribution in [2.45, 2.75) is 26.2 Å². The highest BCUT2D eigenvalue weighted by atomic mass is 16.5. The molecule has 98 valence electrons. The lowest BCUT2D eigenvalue weighted by atomic mass is 10.1. The second-order valence-corrected chi connectivity index (χ2v) is 3.94. The number of rotatable bonds is 6. The van der Waals surface area contributed by atoms with Gasteiger partial charge in [0.05, 0.1) is 25.7 Å². The Morgan fingerprint density at radius 2 is 1.83 bits per heavy atom. The molecule has 0 aromatic heterocycles. The molecule has 0 radical (unpaired) electrons. The fourth-order valence-electron chi connectivity index (χ4n) is 1.39. The first-order valence-corrected chi connectivity index (χ1v) is 6.00. The number of esters is 2. The highest BCUT2D eigenvalue weighted by Gasteiger charge is 2.08. The normalized spacial score (nSPS) is 9.89. The number of benzene rings is 1. The number of unbranched alkanes of at least 4 members (excludes halogenated alkanes) is 1. The number of ether oxygens (including phenoxy) is 2. The highest BCUT2D eigenvalue weighted by molar-refractivity contribution is 5.89. The SMILES string of the molecule is CCCCOC(=O)c1ccc(CC(=O)OC)cc1. The summed E-state index contributed by atoms with van der Waals surface area (Å²) in [6, 6.07) is 6.78. The summed E-state index contributed by atoms with van der Waals surface area (Å²) in [6.07, 6.45) is 2.07. The van der Waals surface area contributed by atoms with Gasteiger partial charge in [0.15, 0.2) is 0 Å². The molecule has 0 saturated carbocycles. The van der Waals surface area contributed by atoms with Crippen molar-refractivity contribution < 1.29 is 19.1 Å². The Balaban J connectivity index is 2.54. The van der Waals surface area contributed by atoms with Crippen LogP contribution in [0.4, 0.5) is 0 Å². The van der Waals surface area contributed by atoms with Gasteiger partial charge in [-0.05, 0) is 24.1 Å². The van der Waals surface area contributed by atoms with Gasteiger partial charge in [-0.3, -0.25) is 4.79 Å². The molecule has 1 aromatic carbocycles. The van der Waals surface area contributed by atoms with Crippen molar-refractivity contribution in [2.75, 3.05) is 13.7 Å². The van der Waals surface area contributed by atoms with Crippen molar-refractivity contribution in [3.63, 3.8) is 0 Å². The third-order valence-corrected chi connectivity index (χ3v) is 2.50. The minimum atomic E-state index is -0.326. The zero-order chi connectivity index (χ0) is 13.4. The quantitative estimate of drug-likeness (QED) is 0.574. The van der Waals surface area contributed by atoms with Gasteiger partial charge < -0.3 is 9.47 Å². The average Bonchev–Trinajstić information content (AvgIpc) is 2.39. The molecule has 4 heteroatoms. The van der Waals surface area contributed by atoms with Gasteiger partial charge in [-0.15, -0.1) is 0 Å². The van der Waals surface area contributed by atoms with Crippen LogP contribution in [0.15, 0.2) is 24.3 Å². The van der Waals surface area contributed by atoms with Crippen molar-refractivity contribution in [3.8, 4) is 0 Å². The number of hydrogen-bond donors (Lipinski definition) is 0. The Kier molecular flexibility index (Phi) is 5.91. The molecule has 0 heterocycles. The maximum Gasteiger partial charge on any atom is 0.338 e. The van der Waals surface area contributed by atoms with E-state index < -0.39 is 0 Å². The lowest BCUT2D eigenvalue weighted by molar-refractivity contribution is -0.139. The topological polar surface area (TPSA) is 52.6 Å². The highest BCUT2D eigenvalue weighted by Crippen LogP contribution is 2.07. The monoisotopic (exact) mass is 250 g/mol. The summed E-state index contributed by atoms with van der Waals surface area (Å²) >= 11 is 0. The van der Waals surface area contributed by atoms with E-state index in [9.17, 15) is 9.59 Å². The van der Waals surface area contributed by atoms with Gasteiger partial charge >= 0.3 is 11.9 Å². The predicted octanol–water partition coefficient (Wildman–Crippen LogP) is 2.36. The minimum Gasteiger partial charge on any atom is -0.469 e. The summed E-state index contributed by atoms with van der Waals surface area (Å²) in [6.45, 7) is 2.48. The molecule has 0 unspecified atom stereocenters. The first kappa shape index (κ1) is 14.2. The number of hydrogen-bond acceptors (Lipinski definition) is 4. The maximum atomic E-state index is 11.6. The summed E-state index contributed by atoms with van der Waals surface area (Å²) in [5.41, 5.74) is 1.31. The molecule has 1 aromatic rings. The molecule has 0 N–H and O–H groups in total. The van der Waals surface area contributed by atoms with E-state index in [0.717, 1.165) is 18.4 Å². The fourth-order valence-corrected chi connectivity index (χ4v) is 1.39. The van der Waals surface area contributed by atoms with Crippen LogP contribution in [-0.2, 0) is 20.7 Å². The smallest absolute Gasteiger partial charge is 0.338 e. The van der Waals surface area contributed by atoms with Crippen molar-refractivity contribution in [1.82, 2.24) is 0 Å². The van der Waals surface area contributed by atoms with Gasteiger partial charge in [0, 0.05) is 0 Å². The van der Waals surface area contributed by atoms with Gasteiger partial charge in [-0.1, -0.05) is 25.5 Å². The van der Waals surface area contributed by atoms with Crippen LogP contribution in [-0.4, -0.2) is 25.7 Å². The predicted molar refractivity (Wildman–Crippen MR) is 67.4 cm³/mol. The van der Waals surface area contributed by atoms with E-state index in [1.165, 1.54) is 7.11 Å². The first-order chi connectivity index (χ1) is 8.67. The van der Waals surface area contributed by atoms with E-state index in [4.69, 9.17) is 4.74 Å². The van der Waals surface area contributed by atoms with Crippen molar-refractivity contribution in [2.24, 2.45) is 0 Å². The summed E-state index contributed by atoms with van der Waals surface area (Å²) in [4.78, 5) is 22.7. The van der Waals surface area contributed by atoms with Crippen LogP contribution in [0, 0.1) is 0 Å². The van der Waals surface area contributed by atoms with Gasteiger partial charge in [-0.25, -0.2) is 4.79 Å². The number of methoxy groups -OCH3 is 1. The van der Waals surface area contributed by atoms with Gasteiger partial charge in [0.1, 0.15) is 0 Å². The molecule has 0 saturated heterocycles. The van der Waals surface area contributed by atoms with E-state index in [0.29, 0.717) is 12.2 Å². The Bertz CT molecular complexity index is 395. The zero-order valence-corrected chi connectivity index (χ0v) is 10.8. The van der Waals surface area contributed by atoms with E-state index in [1.54, 1.807) is 24.3 Å². The Morgan fingerprint density at radius 1 is 1.17 bits per heavy atom. The van der Waals surface area contributed by atoms with Crippen LogP contribution in [0.5, 0.6) is 0 Å². The molecule has 0 aliphatic heterocycles. The van der Waals surface area contributed by atoms with E-state index in [2.05, 4.69) is 4.74 Å². The molecule has 0 atom stereocenters.